The maximum Gasteiger partial charge on any atom is 0.241 e. The number of halogens is 1. The summed E-state index contributed by atoms with van der Waals surface area (Å²) in [7, 11) is 0. The molecule has 2 rings (SSSR count). The minimum Gasteiger partial charge on any atom is -0.322 e. The van der Waals surface area contributed by atoms with Gasteiger partial charge in [-0.3, -0.25) is 9.48 Å². The summed E-state index contributed by atoms with van der Waals surface area (Å²) in [5.74, 6) is 0.231. The van der Waals surface area contributed by atoms with E-state index < -0.39 is 6.04 Å². The van der Waals surface area contributed by atoms with E-state index in [-0.39, 0.29) is 18.3 Å². The Morgan fingerprint density at radius 2 is 2.00 bits per heavy atom. The molecule has 5 nitrogen and oxygen atoms in total. The molecule has 0 aliphatic rings. The largest absolute Gasteiger partial charge is 0.322 e. The second-order valence-corrected chi connectivity index (χ2v) is 5.64. The van der Waals surface area contributed by atoms with Gasteiger partial charge in [0.2, 0.25) is 5.91 Å². The van der Waals surface area contributed by atoms with Gasteiger partial charge in [-0.05, 0) is 17.9 Å². The van der Waals surface area contributed by atoms with E-state index in [0.717, 1.165) is 5.56 Å². The number of hydrogen-bond donors (Lipinski definition) is 2. The van der Waals surface area contributed by atoms with Crippen LogP contribution in [0.1, 0.15) is 25.8 Å². The lowest BCUT2D eigenvalue weighted by Gasteiger charge is -2.13. The lowest BCUT2D eigenvalue weighted by atomic mass is 10.0. The van der Waals surface area contributed by atoms with Gasteiger partial charge in [0.1, 0.15) is 0 Å². The van der Waals surface area contributed by atoms with E-state index >= 15 is 0 Å². The Balaban J connectivity index is 0.00000242. The average Bonchev–Trinajstić information content (AvgIpc) is 2.86. The number of rotatable bonds is 6. The Hall–Kier alpha value is -1.85. The van der Waals surface area contributed by atoms with Crippen molar-refractivity contribution in [1.29, 1.82) is 0 Å². The summed E-state index contributed by atoms with van der Waals surface area (Å²) in [5.41, 5.74) is 7.70. The Morgan fingerprint density at radius 1 is 1.32 bits per heavy atom. The summed E-state index contributed by atoms with van der Waals surface area (Å²) >= 11 is 0. The summed E-state index contributed by atoms with van der Waals surface area (Å²) in [6.07, 6.45) is 4.12. The first-order valence-corrected chi connectivity index (χ1v) is 7.17. The molecule has 0 aliphatic heterocycles. The van der Waals surface area contributed by atoms with Gasteiger partial charge < -0.3 is 11.1 Å². The zero-order valence-corrected chi connectivity index (χ0v) is 13.7. The second-order valence-electron chi connectivity index (χ2n) is 5.64. The van der Waals surface area contributed by atoms with Gasteiger partial charge in [0.05, 0.1) is 24.5 Å². The van der Waals surface area contributed by atoms with Crippen molar-refractivity contribution in [3.8, 4) is 0 Å². The van der Waals surface area contributed by atoms with Crippen molar-refractivity contribution in [2.45, 2.75) is 32.9 Å². The van der Waals surface area contributed by atoms with Crippen LogP contribution in [0.25, 0.3) is 0 Å². The Morgan fingerprint density at radius 3 is 2.64 bits per heavy atom. The standard InChI is InChI=1S/C16H22N4O.ClH/c1-12(2)8-15(17)16(21)19-14-9-18-20(11-14)10-13-6-4-3-5-7-13;/h3-7,9,11-12,15H,8,10,17H2,1-2H3,(H,19,21);1H/t15-;/m0./s1. The molecule has 120 valence electrons. The molecule has 6 heteroatoms. The number of carbonyl (C=O) groups excluding carboxylic acids is 1. The highest BCUT2D eigenvalue weighted by molar-refractivity contribution is 5.94. The normalized spacial score (nSPS) is 11.8. The molecule has 1 heterocycles. The van der Waals surface area contributed by atoms with Crippen molar-refractivity contribution in [2.24, 2.45) is 11.7 Å². The lowest BCUT2D eigenvalue weighted by Crippen LogP contribution is -2.36. The van der Waals surface area contributed by atoms with E-state index in [1.807, 2.05) is 50.4 Å². The van der Waals surface area contributed by atoms with Gasteiger partial charge in [-0.1, -0.05) is 44.2 Å². The fourth-order valence-corrected chi connectivity index (χ4v) is 2.13. The van der Waals surface area contributed by atoms with Gasteiger partial charge in [0.15, 0.2) is 0 Å². The van der Waals surface area contributed by atoms with Crippen LogP contribution in [-0.4, -0.2) is 21.7 Å². The van der Waals surface area contributed by atoms with Gasteiger partial charge in [0.25, 0.3) is 0 Å². The van der Waals surface area contributed by atoms with E-state index in [4.69, 9.17) is 5.73 Å². The molecule has 2 aromatic rings. The van der Waals surface area contributed by atoms with Crippen molar-refractivity contribution in [3.63, 3.8) is 0 Å². The minimum absolute atomic E-state index is 0. The Bertz CT molecular complexity index is 583. The average molecular weight is 323 g/mol. The fourth-order valence-electron chi connectivity index (χ4n) is 2.13. The van der Waals surface area contributed by atoms with Gasteiger partial charge in [-0.2, -0.15) is 5.10 Å². The lowest BCUT2D eigenvalue weighted by molar-refractivity contribution is -0.117. The van der Waals surface area contributed by atoms with E-state index in [1.165, 1.54) is 0 Å². The van der Waals surface area contributed by atoms with Crippen LogP contribution in [0.5, 0.6) is 0 Å². The van der Waals surface area contributed by atoms with E-state index in [1.54, 1.807) is 10.9 Å². The number of nitrogens with two attached hydrogens (primary N) is 1. The smallest absolute Gasteiger partial charge is 0.241 e. The molecule has 0 fully saturated rings. The topological polar surface area (TPSA) is 72.9 Å². The first-order chi connectivity index (χ1) is 10.0. The van der Waals surface area contributed by atoms with Gasteiger partial charge in [0, 0.05) is 6.20 Å². The van der Waals surface area contributed by atoms with Crippen LogP contribution in [0.4, 0.5) is 5.69 Å². The zero-order valence-electron chi connectivity index (χ0n) is 12.9. The van der Waals surface area contributed by atoms with Gasteiger partial charge in [-0.25, -0.2) is 0 Å². The third kappa shape index (κ3) is 5.50. The van der Waals surface area contributed by atoms with E-state index in [0.29, 0.717) is 24.6 Å². The molecule has 3 N–H and O–H groups in total. The monoisotopic (exact) mass is 322 g/mol. The molecule has 0 saturated heterocycles. The molecule has 0 radical (unpaired) electrons. The maximum atomic E-state index is 11.9. The van der Waals surface area contributed by atoms with Crippen molar-refractivity contribution in [1.82, 2.24) is 9.78 Å². The number of benzene rings is 1. The van der Waals surface area contributed by atoms with Crippen molar-refractivity contribution < 1.29 is 4.79 Å². The first kappa shape index (κ1) is 18.2. The number of hydrogen-bond acceptors (Lipinski definition) is 3. The highest BCUT2D eigenvalue weighted by Crippen LogP contribution is 2.10. The molecule has 1 aromatic heterocycles. The molecule has 1 amide bonds. The van der Waals surface area contributed by atoms with Crippen molar-refractivity contribution >= 4 is 24.0 Å². The maximum absolute atomic E-state index is 11.9. The predicted molar refractivity (Wildman–Crippen MR) is 91.1 cm³/mol. The summed E-state index contributed by atoms with van der Waals surface area (Å²) < 4.78 is 1.79. The van der Waals surface area contributed by atoms with Crippen molar-refractivity contribution in [3.05, 3.63) is 48.3 Å². The Kier molecular flexibility index (Phi) is 7.08. The highest BCUT2D eigenvalue weighted by atomic mass is 35.5. The van der Waals surface area contributed by atoms with Crippen LogP contribution in [-0.2, 0) is 11.3 Å². The molecule has 1 atom stereocenters. The molecular formula is C16H23ClN4O. The summed E-state index contributed by atoms with van der Waals surface area (Å²) in [6.45, 7) is 4.77. The predicted octanol–water partition coefficient (Wildman–Crippen LogP) is 2.67. The SMILES string of the molecule is CC(C)C[C@H](N)C(=O)Nc1cnn(Cc2ccccc2)c1.Cl. The number of amides is 1. The fraction of sp³-hybridized carbons (Fsp3) is 0.375. The highest BCUT2D eigenvalue weighted by Gasteiger charge is 2.15. The quantitative estimate of drug-likeness (QED) is 0.858. The molecular weight excluding hydrogens is 300 g/mol. The van der Waals surface area contributed by atoms with Crippen LogP contribution < -0.4 is 11.1 Å². The van der Waals surface area contributed by atoms with Crippen LogP contribution in [0.3, 0.4) is 0 Å². The second kappa shape index (κ2) is 8.56. The zero-order chi connectivity index (χ0) is 15.2. The molecule has 0 bridgehead atoms. The van der Waals surface area contributed by atoms with Crippen molar-refractivity contribution in [2.75, 3.05) is 5.32 Å². The number of nitrogens with zero attached hydrogens (tertiary/aromatic N) is 2. The van der Waals surface area contributed by atoms with Crippen LogP contribution in [0.2, 0.25) is 0 Å². The first-order valence-electron chi connectivity index (χ1n) is 7.17. The summed E-state index contributed by atoms with van der Waals surface area (Å²) in [6, 6.07) is 9.56. The van der Waals surface area contributed by atoms with Gasteiger partial charge in [-0.15, -0.1) is 12.4 Å². The molecule has 0 spiro atoms. The van der Waals surface area contributed by atoms with Crippen LogP contribution >= 0.6 is 12.4 Å². The molecule has 0 aliphatic carbocycles. The van der Waals surface area contributed by atoms with Gasteiger partial charge >= 0.3 is 0 Å². The molecule has 1 aromatic carbocycles. The number of anilines is 1. The molecule has 0 unspecified atom stereocenters. The number of carbonyl (C=O) groups is 1. The molecule has 0 saturated carbocycles. The third-order valence-corrected chi connectivity index (χ3v) is 3.15. The molecule has 22 heavy (non-hydrogen) atoms. The number of nitrogens with one attached hydrogen (secondary N) is 1. The van der Waals surface area contributed by atoms with E-state index in [2.05, 4.69) is 10.4 Å². The third-order valence-electron chi connectivity index (χ3n) is 3.15. The number of aromatic nitrogens is 2. The summed E-state index contributed by atoms with van der Waals surface area (Å²) in [4.78, 5) is 11.9. The Labute approximate surface area is 137 Å². The van der Waals surface area contributed by atoms with Crippen LogP contribution in [0.15, 0.2) is 42.7 Å². The minimum atomic E-state index is -0.484. The van der Waals surface area contributed by atoms with E-state index in [9.17, 15) is 4.79 Å². The summed E-state index contributed by atoms with van der Waals surface area (Å²) in [5, 5.41) is 7.05. The van der Waals surface area contributed by atoms with Crippen LogP contribution in [0, 0.1) is 5.92 Å².